The summed E-state index contributed by atoms with van der Waals surface area (Å²) in [4.78, 5) is 11.8. The summed E-state index contributed by atoms with van der Waals surface area (Å²) in [6.45, 7) is 3.90. The van der Waals surface area contributed by atoms with Gasteiger partial charge < -0.3 is 9.15 Å². The van der Waals surface area contributed by atoms with E-state index in [1.165, 1.54) is 0 Å². The smallest absolute Gasteiger partial charge is 0.342 e. The topological polar surface area (TPSA) is 39.4 Å². The number of carbonyl (C=O) groups is 1. The molecule has 4 heteroatoms. The van der Waals surface area contributed by atoms with E-state index in [-0.39, 0.29) is 5.97 Å². The summed E-state index contributed by atoms with van der Waals surface area (Å²) in [5, 5.41) is 0.776. The summed E-state index contributed by atoms with van der Waals surface area (Å²) in [5.74, 6) is 0.242. The van der Waals surface area contributed by atoms with Crippen molar-refractivity contribution in [3.05, 3.63) is 34.0 Å². The van der Waals surface area contributed by atoms with Gasteiger partial charge in [-0.1, -0.05) is 22.0 Å². The highest BCUT2D eigenvalue weighted by molar-refractivity contribution is 9.10. The van der Waals surface area contributed by atoms with Crippen molar-refractivity contribution in [1.82, 2.24) is 0 Å². The minimum absolute atomic E-state index is 0.342. The molecular weight excluding hydrogens is 272 g/mol. The predicted molar refractivity (Wildman–Crippen MR) is 64.6 cm³/mol. The van der Waals surface area contributed by atoms with Crippen LogP contribution in [0.25, 0.3) is 11.0 Å². The molecule has 1 heterocycles. The Morgan fingerprint density at radius 3 is 2.94 bits per heavy atom. The van der Waals surface area contributed by atoms with Gasteiger partial charge >= 0.3 is 5.97 Å². The molecule has 0 amide bonds. The van der Waals surface area contributed by atoms with E-state index < -0.39 is 0 Å². The number of rotatable bonds is 2. The summed E-state index contributed by atoms with van der Waals surface area (Å²) >= 11 is 3.41. The fraction of sp³-hybridized carbons (Fsp3) is 0.250. The highest BCUT2D eigenvalue weighted by atomic mass is 79.9. The molecule has 84 valence electrons. The van der Waals surface area contributed by atoms with Crippen molar-refractivity contribution >= 4 is 32.9 Å². The van der Waals surface area contributed by atoms with Gasteiger partial charge in [-0.25, -0.2) is 4.79 Å². The largest absolute Gasteiger partial charge is 0.462 e. The Morgan fingerprint density at radius 2 is 2.25 bits per heavy atom. The lowest BCUT2D eigenvalue weighted by Gasteiger charge is -2.01. The second kappa shape index (κ2) is 4.29. The zero-order valence-electron chi connectivity index (χ0n) is 9.04. The van der Waals surface area contributed by atoms with E-state index in [1.54, 1.807) is 13.8 Å². The molecule has 0 N–H and O–H groups in total. The van der Waals surface area contributed by atoms with Crippen LogP contribution in [0.1, 0.15) is 23.0 Å². The Balaban J connectivity index is 2.68. The Morgan fingerprint density at radius 1 is 1.50 bits per heavy atom. The van der Waals surface area contributed by atoms with Crippen molar-refractivity contribution in [3.8, 4) is 0 Å². The van der Waals surface area contributed by atoms with Crippen LogP contribution in [0.4, 0.5) is 0 Å². The number of benzene rings is 1. The maximum atomic E-state index is 11.8. The summed E-state index contributed by atoms with van der Waals surface area (Å²) in [7, 11) is 0. The van der Waals surface area contributed by atoms with Crippen molar-refractivity contribution in [1.29, 1.82) is 0 Å². The molecule has 0 aliphatic carbocycles. The average molecular weight is 283 g/mol. The number of aryl methyl sites for hydroxylation is 1. The van der Waals surface area contributed by atoms with Gasteiger partial charge in [0.25, 0.3) is 0 Å². The fourth-order valence-electron chi connectivity index (χ4n) is 1.67. The maximum absolute atomic E-state index is 11.8. The standard InChI is InChI=1S/C12H11BrO3/c1-3-15-12(14)10-7(2)16-9-6-4-5-8(13)11(9)10/h4-6H,3H2,1-2H3. The number of halogens is 1. The first-order valence-electron chi connectivity index (χ1n) is 5.00. The summed E-state index contributed by atoms with van der Waals surface area (Å²) in [6, 6.07) is 5.57. The molecule has 0 radical (unpaired) electrons. The van der Waals surface area contributed by atoms with Gasteiger partial charge in [-0.3, -0.25) is 0 Å². The Labute approximate surface area is 102 Å². The quantitative estimate of drug-likeness (QED) is 0.789. The molecule has 0 atom stereocenters. The normalized spacial score (nSPS) is 10.7. The number of hydrogen-bond donors (Lipinski definition) is 0. The molecule has 3 nitrogen and oxygen atoms in total. The second-order valence-electron chi connectivity index (χ2n) is 3.37. The van der Waals surface area contributed by atoms with E-state index in [0.717, 1.165) is 9.86 Å². The molecule has 2 aromatic rings. The molecule has 0 spiro atoms. The monoisotopic (exact) mass is 282 g/mol. The Bertz CT molecular complexity index is 542. The summed E-state index contributed by atoms with van der Waals surface area (Å²) in [6.07, 6.45) is 0. The minimum atomic E-state index is -0.342. The van der Waals surface area contributed by atoms with E-state index in [0.29, 0.717) is 23.5 Å². The fourth-order valence-corrected chi connectivity index (χ4v) is 2.22. The molecule has 2 rings (SSSR count). The Kier molecular flexibility index (Phi) is 3.01. The number of fused-ring (bicyclic) bond motifs is 1. The average Bonchev–Trinajstić information content (AvgIpc) is 2.56. The SMILES string of the molecule is CCOC(=O)c1c(C)oc2cccc(Br)c12. The Hall–Kier alpha value is -1.29. The van der Waals surface area contributed by atoms with E-state index >= 15 is 0 Å². The van der Waals surface area contributed by atoms with Gasteiger partial charge in [-0.05, 0) is 26.0 Å². The van der Waals surface area contributed by atoms with Crippen LogP contribution in [0, 0.1) is 6.92 Å². The van der Waals surface area contributed by atoms with Crippen LogP contribution >= 0.6 is 15.9 Å². The highest BCUT2D eigenvalue weighted by Gasteiger charge is 2.20. The first-order valence-corrected chi connectivity index (χ1v) is 5.79. The summed E-state index contributed by atoms with van der Waals surface area (Å²) in [5.41, 5.74) is 1.19. The third kappa shape index (κ3) is 1.73. The third-order valence-corrected chi connectivity index (χ3v) is 2.98. The lowest BCUT2D eigenvalue weighted by atomic mass is 10.1. The van der Waals surface area contributed by atoms with Crippen LogP contribution < -0.4 is 0 Å². The van der Waals surface area contributed by atoms with Crippen LogP contribution in [-0.2, 0) is 4.74 Å². The van der Waals surface area contributed by atoms with Crippen LogP contribution in [0.15, 0.2) is 27.1 Å². The van der Waals surface area contributed by atoms with E-state index in [9.17, 15) is 4.79 Å². The van der Waals surface area contributed by atoms with Crippen molar-refractivity contribution < 1.29 is 13.9 Å². The molecule has 0 bridgehead atoms. The molecule has 0 saturated carbocycles. The van der Waals surface area contributed by atoms with Crippen LogP contribution in [0.5, 0.6) is 0 Å². The van der Waals surface area contributed by atoms with Crippen LogP contribution in [0.3, 0.4) is 0 Å². The molecule has 0 saturated heterocycles. The van der Waals surface area contributed by atoms with Crippen molar-refractivity contribution in [3.63, 3.8) is 0 Å². The van der Waals surface area contributed by atoms with Crippen LogP contribution in [0.2, 0.25) is 0 Å². The van der Waals surface area contributed by atoms with Crippen molar-refractivity contribution in [2.75, 3.05) is 6.61 Å². The van der Waals surface area contributed by atoms with E-state index in [1.807, 2.05) is 18.2 Å². The highest BCUT2D eigenvalue weighted by Crippen LogP contribution is 2.32. The van der Waals surface area contributed by atoms with Gasteiger partial charge in [0.1, 0.15) is 16.9 Å². The molecule has 0 aliphatic heterocycles. The van der Waals surface area contributed by atoms with Crippen LogP contribution in [-0.4, -0.2) is 12.6 Å². The predicted octanol–water partition coefficient (Wildman–Crippen LogP) is 3.68. The van der Waals surface area contributed by atoms with Gasteiger partial charge in [0.15, 0.2) is 0 Å². The van der Waals surface area contributed by atoms with Gasteiger partial charge in [-0.15, -0.1) is 0 Å². The molecule has 0 unspecified atom stereocenters. The van der Waals surface area contributed by atoms with Gasteiger partial charge in [0.05, 0.1) is 6.61 Å². The summed E-state index contributed by atoms with van der Waals surface area (Å²) < 4.78 is 11.4. The maximum Gasteiger partial charge on any atom is 0.342 e. The van der Waals surface area contributed by atoms with Gasteiger partial charge in [-0.2, -0.15) is 0 Å². The molecule has 1 aromatic carbocycles. The zero-order chi connectivity index (χ0) is 11.7. The van der Waals surface area contributed by atoms with Gasteiger partial charge in [0.2, 0.25) is 0 Å². The van der Waals surface area contributed by atoms with Crippen molar-refractivity contribution in [2.45, 2.75) is 13.8 Å². The minimum Gasteiger partial charge on any atom is -0.462 e. The number of ether oxygens (including phenoxy) is 1. The first kappa shape index (κ1) is 11.2. The number of carbonyl (C=O) groups excluding carboxylic acids is 1. The number of hydrogen-bond acceptors (Lipinski definition) is 3. The molecule has 0 fully saturated rings. The first-order chi connectivity index (χ1) is 7.65. The van der Waals surface area contributed by atoms with E-state index in [2.05, 4.69) is 15.9 Å². The molecular formula is C12H11BrO3. The molecule has 16 heavy (non-hydrogen) atoms. The van der Waals surface area contributed by atoms with Gasteiger partial charge in [0, 0.05) is 9.86 Å². The lowest BCUT2D eigenvalue weighted by Crippen LogP contribution is -2.05. The lowest BCUT2D eigenvalue weighted by molar-refractivity contribution is 0.0526. The van der Waals surface area contributed by atoms with Crippen molar-refractivity contribution in [2.24, 2.45) is 0 Å². The molecule has 0 aliphatic rings. The zero-order valence-corrected chi connectivity index (χ0v) is 10.6. The number of furan rings is 1. The van der Waals surface area contributed by atoms with E-state index in [4.69, 9.17) is 9.15 Å². The molecule has 1 aromatic heterocycles. The third-order valence-electron chi connectivity index (χ3n) is 2.32. The second-order valence-corrected chi connectivity index (χ2v) is 4.22. The number of esters is 1.